The third-order valence-corrected chi connectivity index (χ3v) is 4.96. The fraction of sp³-hybridized carbons (Fsp3) is 0.429. The first kappa shape index (κ1) is 12.4. The highest BCUT2D eigenvalue weighted by molar-refractivity contribution is 7.21. The zero-order chi connectivity index (χ0) is 13.5. The smallest absolute Gasteiger partial charge is 0.263 e. The predicted octanol–water partition coefficient (Wildman–Crippen LogP) is 2.94. The van der Waals surface area contributed by atoms with Crippen LogP contribution in [0.3, 0.4) is 0 Å². The highest BCUT2D eigenvalue weighted by Crippen LogP contribution is 2.34. The number of nitrogens with one attached hydrogen (secondary N) is 1. The molecule has 0 saturated heterocycles. The van der Waals surface area contributed by atoms with Crippen LogP contribution in [0.2, 0.25) is 0 Å². The molecule has 3 N–H and O–H groups in total. The van der Waals surface area contributed by atoms with E-state index in [0.717, 1.165) is 23.1 Å². The zero-order valence-corrected chi connectivity index (χ0v) is 11.7. The topological polar surface area (TPSA) is 68.0 Å². The van der Waals surface area contributed by atoms with Crippen LogP contribution in [0.25, 0.3) is 10.2 Å². The minimum absolute atomic E-state index is 0.0649. The number of carbonyl (C=O) groups is 1. The Balaban J connectivity index is 1.91. The quantitative estimate of drug-likeness (QED) is 0.885. The predicted molar refractivity (Wildman–Crippen MR) is 78.4 cm³/mol. The summed E-state index contributed by atoms with van der Waals surface area (Å²) in [6.45, 7) is 2.11. The number of carbonyl (C=O) groups excluding carboxylic acids is 1. The van der Waals surface area contributed by atoms with Crippen molar-refractivity contribution in [2.45, 2.75) is 38.1 Å². The normalized spacial score (nSPS) is 17.7. The van der Waals surface area contributed by atoms with Crippen LogP contribution in [0.5, 0.6) is 0 Å². The van der Waals surface area contributed by atoms with Crippen molar-refractivity contribution in [1.29, 1.82) is 0 Å². The minimum atomic E-state index is -0.0763. The highest BCUT2D eigenvalue weighted by atomic mass is 32.1. The van der Waals surface area contributed by atoms with Crippen LogP contribution >= 0.6 is 11.3 Å². The van der Waals surface area contributed by atoms with Crippen LogP contribution in [-0.2, 0) is 0 Å². The van der Waals surface area contributed by atoms with E-state index in [1.54, 1.807) is 6.20 Å². The van der Waals surface area contributed by atoms with Gasteiger partial charge in [0, 0.05) is 17.1 Å². The second kappa shape index (κ2) is 4.49. The molecule has 1 fully saturated rings. The Morgan fingerprint density at radius 1 is 1.47 bits per heavy atom. The average molecular weight is 275 g/mol. The zero-order valence-electron chi connectivity index (χ0n) is 10.9. The van der Waals surface area contributed by atoms with Gasteiger partial charge in [-0.05, 0) is 31.9 Å². The van der Waals surface area contributed by atoms with Gasteiger partial charge in [0.25, 0.3) is 5.91 Å². The van der Waals surface area contributed by atoms with Gasteiger partial charge in [-0.3, -0.25) is 4.79 Å². The second-order valence-electron chi connectivity index (χ2n) is 5.42. The first-order valence-corrected chi connectivity index (χ1v) is 7.36. The maximum Gasteiger partial charge on any atom is 0.263 e. The van der Waals surface area contributed by atoms with Crippen molar-refractivity contribution < 1.29 is 4.79 Å². The van der Waals surface area contributed by atoms with Crippen molar-refractivity contribution in [1.82, 2.24) is 10.3 Å². The van der Waals surface area contributed by atoms with Crippen molar-refractivity contribution in [3.8, 4) is 0 Å². The van der Waals surface area contributed by atoms with Gasteiger partial charge in [0.15, 0.2) is 0 Å². The number of amides is 1. The number of aromatic nitrogens is 1. The molecule has 0 atom stereocenters. The van der Waals surface area contributed by atoms with Gasteiger partial charge in [-0.2, -0.15) is 0 Å². The molecule has 2 aromatic rings. The summed E-state index contributed by atoms with van der Waals surface area (Å²) < 4.78 is 0. The Bertz CT molecular complexity index is 629. The van der Waals surface area contributed by atoms with Crippen molar-refractivity contribution >= 4 is 33.1 Å². The van der Waals surface area contributed by atoms with Gasteiger partial charge in [0.1, 0.15) is 9.71 Å². The number of nitrogen functional groups attached to an aromatic ring is 1. The monoisotopic (exact) mass is 275 g/mol. The van der Waals surface area contributed by atoms with E-state index >= 15 is 0 Å². The lowest BCUT2D eigenvalue weighted by Crippen LogP contribution is -2.43. The van der Waals surface area contributed by atoms with Gasteiger partial charge in [-0.25, -0.2) is 4.98 Å². The van der Waals surface area contributed by atoms with E-state index in [1.807, 2.05) is 12.1 Å². The van der Waals surface area contributed by atoms with Crippen LogP contribution in [0, 0.1) is 0 Å². The van der Waals surface area contributed by atoms with Gasteiger partial charge < -0.3 is 11.1 Å². The molecule has 1 aliphatic carbocycles. The molecule has 0 bridgehead atoms. The molecule has 100 valence electrons. The molecule has 4 nitrogen and oxygen atoms in total. The van der Waals surface area contributed by atoms with Crippen molar-refractivity contribution in [3.05, 3.63) is 23.2 Å². The van der Waals surface area contributed by atoms with Crippen LogP contribution in [0.1, 0.15) is 42.3 Å². The van der Waals surface area contributed by atoms with Gasteiger partial charge in [0.05, 0.1) is 5.69 Å². The number of anilines is 1. The molecule has 3 rings (SSSR count). The Morgan fingerprint density at radius 3 is 2.89 bits per heavy atom. The number of rotatable bonds is 2. The number of fused-ring (bicyclic) bond motifs is 1. The summed E-state index contributed by atoms with van der Waals surface area (Å²) in [6, 6.07) is 3.74. The summed E-state index contributed by atoms with van der Waals surface area (Å²) in [6.07, 6.45) is 6.17. The van der Waals surface area contributed by atoms with Crippen LogP contribution in [0.15, 0.2) is 18.3 Å². The molecular weight excluding hydrogens is 258 g/mol. The number of nitrogens with two attached hydrogens (primary N) is 1. The third-order valence-electron chi connectivity index (χ3n) is 3.83. The summed E-state index contributed by atoms with van der Waals surface area (Å²) >= 11 is 1.37. The molecule has 2 heterocycles. The molecule has 2 aromatic heterocycles. The number of pyridine rings is 1. The van der Waals surface area contributed by atoms with Crippen molar-refractivity contribution in [2.24, 2.45) is 0 Å². The molecule has 0 aliphatic heterocycles. The van der Waals surface area contributed by atoms with E-state index in [0.29, 0.717) is 10.6 Å². The van der Waals surface area contributed by atoms with E-state index in [2.05, 4.69) is 17.2 Å². The standard InChI is InChI=1S/C14H17N3OS/c1-14(6-2-3-7-14)17-12(18)11-10(15)9-5-4-8-16-13(9)19-11/h4-5,8H,2-3,6-7,15H2,1H3,(H,17,18). The van der Waals surface area contributed by atoms with Crippen molar-refractivity contribution in [2.75, 3.05) is 5.73 Å². The fourth-order valence-electron chi connectivity index (χ4n) is 2.73. The molecular formula is C14H17N3OS. The van der Waals surface area contributed by atoms with E-state index < -0.39 is 0 Å². The van der Waals surface area contributed by atoms with E-state index in [4.69, 9.17) is 5.73 Å². The van der Waals surface area contributed by atoms with Crippen LogP contribution < -0.4 is 11.1 Å². The van der Waals surface area contributed by atoms with E-state index in [-0.39, 0.29) is 11.4 Å². The highest BCUT2D eigenvalue weighted by Gasteiger charge is 2.31. The number of hydrogen-bond acceptors (Lipinski definition) is 4. The minimum Gasteiger partial charge on any atom is -0.397 e. The van der Waals surface area contributed by atoms with Gasteiger partial charge in [0.2, 0.25) is 0 Å². The third kappa shape index (κ3) is 2.18. The number of hydrogen-bond donors (Lipinski definition) is 2. The fourth-order valence-corrected chi connectivity index (χ4v) is 3.69. The van der Waals surface area contributed by atoms with Gasteiger partial charge in [-0.1, -0.05) is 12.8 Å². The summed E-state index contributed by atoms with van der Waals surface area (Å²) in [5.74, 6) is -0.0649. The lowest BCUT2D eigenvalue weighted by Gasteiger charge is -2.24. The largest absolute Gasteiger partial charge is 0.397 e. The Hall–Kier alpha value is -1.62. The number of thiophene rings is 1. The molecule has 5 heteroatoms. The first-order chi connectivity index (χ1) is 9.09. The summed E-state index contributed by atoms with van der Waals surface area (Å²) in [4.78, 5) is 18.0. The molecule has 0 aromatic carbocycles. The maximum atomic E-state index is 12.4. The SMILES string of the molecule is CC1(NC(=O)c2sc3ncccc3c2N)CCCC1. The summed E-state index contributed by atoms with van der Waals surface area (Å²) in [5, 5.41) is 4.01. The van der Waals surface area contributed by atoms with Gasteiger partial charge >= 0.3 is 0 Å². The van der Waals surface area contributed by atoms with Crippen molar-refractivity contribution in [3.63, 3.8) is 0 Å². The Labute approximate surface area is 116 Å². The second-order valence-corrected chi connectivity index (χ2v) is 6.42. The van der Waals surface area contributed by atoms with Gasteiger partial charge in [-0.15, -0.1) is 11.3 Å². The summed E-state index contributed by atoms with van der Waals surface area (Å²) in [7, 11) is 0. The molecule has 1 aliphatic rings. The average Bonchev–Trinajstić information content (AvgIpc) is 2.95. The lowest BCUT2D eigenvalue weighted by atomic mass is 10.0. The molecule has 1 amide bonds. The molecule has 1 saturated carbocycles. The first-order valence-electron chi connectivity index (χ1n) is 6.55. The maximum absolute atomic E-state index is 12.4. The lowest BCUT2D eigenvalue weighted by molar-refractivity contribution is 0.0913. The van der Waals surface area contributed by atoms with Crippen LogP contribution in [0.4, 0.5) is 5.69 Å². The molecule has 0 spiro atoms. The summed E-state index contributed by atoms with van der Waals surface area (Å²) in [5.41, 5.74) is 6.54. The van der Waals surface area contributed by atoms with E-state index in [9.17, 15) is 4.79 Å². The molecule has 0 radical (unpaired) electrons. The van der Waals surface area contributed by atoms with E-state index in [1.165, 1.54) is 24.2 Å². The van der Waals surface area contributed by atoms with Crippen LogP contribution in [-0.4, -0.2) is 16.4 Å². The Morgan fingerprint density at radius 2 is 2.21 bits per heavy atom. The molecule has 19 heavy (non-hydrogen) atoms. The number of nitrogens with zero attached hydrogens (tertiary/aromatic N) is 1. The Kier molecular flexibility index (Phi) is 2.93. The molecule has 0 unspecified atom stereocenters.